The monoisotopic (exact) mass is 538 g/mol. The highest BCUT2D eigenvalue weighted by Gasteiger charge is 2.12. The number of hydrogen-bond donors (Lipinski definition) is 2. The van der Waals surface area contributed by atoms with E-state index in [2.05, 4.69) is 56.9 Å². The normalized spacial score (nSPS) is 14.8. The zero-order valence-corrected chi connectivity index (χ0v) is 21.1. The van der Waals surface area contributed by atoms with Crippen LogP contribution in [0.15, 0.2) is 53.5 Å². The van der Waals surface area contributed by atoms with Gasteiger partial charge in [0.15, 0.2) is 5.96 Å². The van der Waals surface area contributed by atoms with E-state index in [0.29, 0.717) is 6.54 Å². The van der Waals surface area contributed by atoms with E-state index in [0.717, 1.165) is 56.7 Å². The molecule has 1 aliphatic heterocycles. The lowest BCUT2D eigenvalue weighted by Gasteiger charge is -2.27. The van der Waals surface area contributed by atoms with Crippen LogP contribution in [-0.2, 0) is 24.4 Å². The van der Waals surface area contributed by atoms with Crippen molar-refractivity contribution >= 4 is 29.9 Å². The molecule has 0 spiro atoms. The minimum atomic E-state index is 0. The Labute approximate surface area is 203 Å². The summed E-state index contributed by atoms with van der Waals surface area (Å²) in [5.74, 6) is 1.68. The van der Waals surface area contributed by atoms with Crippen molar-refractivity contribution in [2.24, 2.45) is 4.99 Å². The largest absolute Gasteiger partial charge is 0.491 e. The van der Waals surface area contributed by atoms with Gasteiger partial charge in [-0.05, 0) is 42.7 Å². The lowest BCUT2D eigenvalue weighted by molar-refractivity contribution is 0.0341. The topological polar surface area (TPSA) is 58.1 Å². The molecular weight excluding hydrogens is 503 g/mol. The van der Waals surface area contributed by atoms with E-state index < -0.39 is 0 Å². The van der Waals surface area contributed by atoms with Gasteiger partial charge in [0.1, 0.15) is 5.75 Å². The van der Waals surface area contributed by atoms with Crippen LogP contribution in [0.4, 0.5) is 0 Å². The number of morpholine rings is 1. The molecule has 6 nitrogen and oxygen atoms in total. The van der Waals surface area contributed by atoms with Crippen LogP contribution in [-0.4, -0.2) is 50.3 Å². The van der Waals surface area contributed by atoms with Crippen molar-refractivity contribution in [1.29, 1.82) is 0 Å². The quantitative estimate of drug-likeness (QED) is 0.305. The Bertz CT molecular complexity index is 823. The summed E-state index contributed by atoms with van der Waals surface area (Å²) in [5.41, 5.74) is 3.80. The molecular formula is C24H35IN4O2. The summed E-state index contributed by atoms with van der Waals surface area (Å²) in [7, 11) is 1.80. The third-order valence-corrected chi connectivity index (χ3v) is 5.02. The highest BCUT2D eigenvalue weighted by atomic mass is 127. The molecule has 2 aromatic carbocycles. The highest BCUT2D eigenvalue weighted by Crippen LogP contribution is 2.15. The number of nitrogens with zero attached hydrogens (tertiary/aromatic N) is 2. The van der Waals surface area contributed by atoms with Crippen molar-refractivity contribution < 1.29 is 9.47 Å². The van der Waals surface area contributed by atoms with Crippen LogP contribution in [0.2, 0.25) is 0 Å². The summed E-state index contributed by atoms with van der Waals surface area (Å²) in [5, 5.41) is 6.84. The molecule has 1 aliphatic rings. The van der Waals surface area contributed by atoms with Gasteiger partial charge < -0.3 is 20.1 Å². The molecule has 0 radical (unpaired) electrons. The number of aliphatic imine (C=N–C) groups is 1. The Morgan fingerprint density at radius 1 is 1.03 bits per heavy atom. The molecule has 0 atom stereocenters. The summed E-state index contributed by atoms with van der Waals surface area (Å²) >= 11 is 0. The molecule has 1 saturated heterocycles. The molecule has 0 bridgehead atoms. The standard InChI is InChI=1S/C24H34N4O2.HI/c1-19(2)30-23-10-6-7-20(15-23)16-26-24(25-3)27-17-21-8-4-5-9-22(21)18-28-11-13-29-14-12-28;/h4-10,15,19H,11-14,16-18H2,1-3H3,(H2,25,26,27);1H. The second kappa shape index (κ2) is 13.5. The molecule has 0 aromatic heterocycles. The lowest BCUT2D eigenvalue weighted by atomic mass is 10.1. The van der Waals surface area contributed by atoms with Crippen molar-refractivity contribution in [1.82, 2.24) is 15.5 Å². The smallest absolute Gasteiger partial charge is 0.191 e. The molecule has 2 aromatic rings. The Hall–Kier alpha value is -1.84. The van der Waals surface area contributed by atoms with Crippen molar-refractivity contribution in [2.75, 3.05) is 33.4 Å². The fourth-order valence-electron chi connectivity index (χ4n) is 3.47. The van der Waals surface area contributed by atoms with Crippen LogP contribution in [0.5, 0.6) is 5.75 Å². The summed E-state index contributed by atoms with van der Waals surface area (Å²) in [4.78, 5) is 6.82. The molecule has 0 amide bonds. The minimum absolute atomic E-state index is 0. The van der Waals surface area contributed by atoms with E-state index in [-0.39, 0.29) is 30.1 Å². The van der Waals surface area contributed by atoms with E-state index in [1.165, 1.54) is 11.1 Å². The zero-order valence-electron chi connectivity index (χ0n) is 18.8. The predicted molar refractivity (Wildman–Crippen MR) is 137 cm³/mol. The molecule has 3 rings (SSSR count). The first-order chi connectivity index (χ1) is 14.6. The Morgan fingerprint density at radius 3 is 2.45 bits per heavy atom. The van der Waals surface area contributed by atoms with Gasteiger partial charge in [0.2, 0.25) is 0 Å². The van der Waals surface area contributed by atoms with Crippen LogP contribution in [0.1, 0.15) is 30.5 Å². The Kier molecular flexibility index (Phi) is 11.1. The number of hydrogen-bond acceptors (Lipinski definition) is 4. The summed E-state index contributed by atoms with van der Waals surface area (Å²) < 4.78 is 11.2. The number of guanidine groups is 1. The second-order valence-corrected chi connectivity index (χ2v) is 7.75. The predicted octanol–water partition coefficient (Wildman–Crippen LogP) is 3.79. The van der Waals surface area contributed by atoms with Gasteiger partial charge in [0.25, 0.3) is 0 Å². The second-order valence-electron chi connectivity index (χ2n) is 7.75. The van der Waals surface area contributed by atoms with Gasteiger partial charge in [0.05, 0.1) is 19.3 Å². The van der Waals surface area contributed by atoms with Crippen molar-refractivity contribution in [3.63, 3.8) is 0 Å². The Morgan fingerprint density at radius 2 is 1.74 bits per heavy atom. The molecule has 7 heteroatoms. The average Bonchev–Trinajstić information content (AvgIpc) is 2.75. The molecule has 31 heavy (non-hydrogen) atoms. The van der Waals surface area contributed by atoms with Gasteiger partial charge in [-0.25, -0.2) is 0 Å². The minimum Gasteiger partial charge on any atom is -0.491 e. The van der Waals surface area contributed by atoms with E-state index >= 15 is 0 Å². The molecule has 1 heterocycles. The summed E-state index contributed by atoms with van der Waals surface area (Å²) in [6.07, 6.45) is 0.167. The molecule has 2 N–H and O–H groups in total. The van der Waals surface area contributed by atoms with Crippen LogP contribution < -0.4 is 15.4 Å². The maximum Gasteiger partial charge on any atom is 0.191 e. The van der Waals surface area contributed by atoms with Gasteiger partial charge in [-0.1, -0.05) is 36.4 Å². The molecule has 0 saturated carbocycles. The fourth-order valence-corrected chi connectivity index (χ4v) is 3.47. The number of rotatable bonds is 8. The zero-order chi connectivity index (χ0) is 21.2. The average molecular weight is 538 g/mol. The highest BCUT2D eigenvalue weighted by molar-refractivity contribution is 14.0. The molecule has 170 valence electrons. The van der Waals surface area contributed by atoms with Gasteiger partial charge in [-0.15, -0.1) is 24.0 Å². The van der Waals surface area contributed by atoms with Crippen LogP contribution in [0.3, 0.4) is 0 Å². The van der Waals surface area contributed by atoms with Gasteiger partial charge in [-0.2, -0.15) is 0 Å². The summed E-state index contributed by atoms with van der Waals surface area (Å²) in [6, 6.07) is 16.8. The van der Waals surface area contributed by atoms with Crippen LogP contribution >= 0.6 is 24.0 Å². The number of halogens is 1. The first-order valence-electron chi connectivity index (χ1n) is 10.7. The van der Waals surface area contributed by atoms with Crippen LogP contribution in [0.25, 0.3) is 0 Å². The maximum absolute atomic E-state index is 5.78. The van der Waals surface area contributed by atoms with E-state index in [9.17, 15) is 0 Å². The molecule has 1 fully saturated rings. The fraction of sp³-hybridized carbons (Fsp3) is 0.458. The first kappa shape index (κ1) is 25.4. The maximum atomic E-state index is 5.78. The van der Waals surface area contributed by atoms with E-state index in [1.54, 1.807) is 7.05 Å². The number of ether oxygens (including phenoxy) is 2. The molecule has 0 aliphatic carbocycles. The molecule has 0 unspecified atom stereocenters. The third kappa shape index (κ3) is 8.66. The van der Waals surface area contributed by atoms with Crippen molar-refractivity contribution in [2.45, 2.75) is 39.6 Å². The Balaban J connectivity index is 0.00000341. The number of nitrogens with one attached hydrogen (secondary N) is 2. The van der Waals surface area contributed by atoms with Gasteiger partial charge >= 0.3 is 0 Å². The van der Waals surface area contributed by atoms with E-state index in [1.807, 2.05) is 26.0 Å². The lowest BCUT2D eigenvalue weighted by Crippen LogP contribution is -2.37. The van der Waals surface area contributed by atoms with Crippen molar-refractivity contribution in [3.8, 4) is 5.75 Å². The van der Waals surface area contributed by atoms with Gasteiger partial charge in [0, 0.05) is 39.8 Å². The van der Waals surface area contributed by atoms with Gasteiger partial charge in [-0.3, -0.25) is 9.89 Å². The first-order valence-corrected chi connectivity index (χ1v) is 10.7. The van der Waals surface area contributed by atoms with Crippen molar-refractivity contribution in [3.05, 3.63) is 65.2 Å². The third-order valence-electron chi connectivity index (χ3n) is 5.02. The summed E-state index contributed by atoms with van der Waals surface area (Å²) in [6.45, 7) is 10.1. The van der Waals surface area contributed by atoms with Crippen LogP contribution in [0, 0.1) is 0 Å². The number of benzene rings is 2. The van der Waals surface area contributed by atoms with E-state index in [4.69, 9.17) is 9.47 Å². The SMILES string of the molecule is CN=C(NCc1cccc(OC(C)C)c1)NCc1ccccc1CN1CCOCC1.I.